The molecule has 0 radical (unpaired) electrons. The van der Waals surface area contributed by atoms with Crippen LogP contribution in [0.15, 0.2) is 5.51 Å². The van der Waals surface area contributed by atoms with Crippen LogP contribution in [0.3, 0.4) is 0 Å². The molecule has 2 N–H and O–H groups in total. The molecule has 0 spiro atoms. The van der Waals surface area contributed by atoms with Gasteiger partial charge in [0.15, 0.2) is 0 Å². The lowest BCUT2D eigenvalue weighted by molar-refractivity contribution is 0.254. The second-order valence-corrected chi connectivity index (χ2v) is 3.78. The van der Waals surface area contributed by atoms with Crippen molar-refractivity contribution in [1.29, 1.82) is 0 Å². The fourth-order valence-electron chi connectivity index (χ4n) is 0.925. The van der Waals surface area contributed by atoms with E-state index in [2.05, 4.69) is 15.6 Å². The number of hydrogen-bond acceptors (Lipinski definition) is 3. The molecular weight excluding hydrogens is 186 g/mol. The zero-order valence-electron chi connectivity index (χ0n) is 7.92. The predicted octanol–water partition coefficient (Wildman–Crippen LogP) is 2.02. The number of amides is 2. The highest BCUT2D eigenvalue weighted by molar-refractivity contribution is 7.14. The first-order chi connectivity index (χ1) is 6.15. The van der Waals surface area contributed by atoms with Gasteiger partial charge in [-0.25, -0.2) is 9.78 Å². The summed E-state index contributed by atoms with van der Waals surface area (Å²) >= 11 is 1.44. The number of thiazole rings is 1. The summed E-state index contributed by atoms with van der Waals surface area (Å²) in [5.41, 5.74) is 2.68. The summed E-state index contributed by atoms with van der Waals surface area (Å²) in [6.45, 7) is 4.09. The first-order valence-electron chi connectivity index (χ1n) is 4.07. The van der Waals surface area contributed by atoms with E-state index in [1.807, 2.05) is 13.8 Å². The van der Waals surface area contributed by atoms with Gasteiger partial charge in [0.1, 0.15) is 5.00 Å². The van der Waals surface area contributed by atoms with Gasteiger partial charge in [0.2, 0.25) is 0 Å². The van der Waals surface area contributed by atoms with Gasteiger partial charge in [-0.15, -0.1) is 11.3 Å². The molecule has 72 valence electrons. The van der Waals surface area contributed by atoms with Crippen molar-refractivity contribution in [3.05, 3.63) is 11.2 Å². The van der Waals surface area contributed by atoms with Gasteiger partial charge in [-0.2, -0.15) is 0 Å². The Labute approximate surface area is 81.4 Å². The quantitative estimate of drug-likeness (QED) is 0.765. The van der Waals surface area contributed by atoms with E-state index < -0.39 is 0 Å². The summed E-state index contributed by atoms with van der Waals surface area (Å²) in [7, 11) is 1.59. The molecule has 1 aromatic heterocycles. The molecule has 1 rings (SSSR count). The zero-order valence-corrected chi connectivity index (χ0v) is 8.73. The van der Waals surface area contributed by atoms with Gasteiger partial charge in [0, 0.05) is 7.05 Å². The van der Waals surface area contributed by atoms with Crippen LogP contribution in [0.25, 0.3) is 0 Å². The summed E-state index contributed by atoms with van der Waals surface area (Å²) in [4.78, 5) is 15.2. The Bertz CT molecular complexity index is 295. The second kappa shape index (κ2) is 4.23. The maximum Gasteiger partial charge on any atom is 0.319 e. The maximum atomic E-state index is 11.0. The Morgan fingerprint density at radius 1 is 1.62 bits per heavy atom. The lowest BCUT2D eigenvalue weighted by atomic mass is 10.1. The van der Waals surface area contributed by atoms with Crippen molar-refractivity contribution >= 4 is 22.4 Å². The minimum absolute atomic E-state index is 0.203. The van der Waals surface area contributed by atoms with Crippen molar-refractivity contribution in [3.63, 3.8) is 0 Å². The average molecular weight is 199 g/mol. The largest absolute Gasteiger partial charge is 0.341 e. The molecule has 0 aromatic carbocycles. The van der Waals surface area contributed by atoms with Gasteiger partial charge in [0.25, 0.3) is 0 Å². The molecule has 0 fully saturated rings. The molecular formula is C8H13N3OS. The third-order valence-corrected chi connectivity index (χ3v) is 2.35. The number of anilines is 1. The van der Waals surface area contributed by atoms with Crippen molar-refractivity contribution in [2.24, 2.45) is 0 Å². The zero-order chi connectivity index (χ0) is 9.84. The fourth-order valence-corrected chi connectivity index (χ4v) is 1.76. The van der Waals surface area contributed by atoms with Crippen LogP contribution in [0.4, 0.5) is 9.80 Å². The Morgan fingerprint density at radius 3 is 2.85 bits per heavy atom. The van der Waals surface area contributed by atoms with Gasteiger partial charge in [0.05, 0.1) is 11.2 Å². The van der Waals surface area contributed by atoms with Crippen LogP contribution in [-0.2, 0) is 0 Å². The molecule has 0 atom stereocenters. The van der Waals surface area contributed by atoms with Gasteiger partial charge in [-0.3, -0.25) is 5.32 Å². The van der Waals surface area contributed by atoms with Crippen LogP contribution in [-0.4, -0.2) is 18.1 Å². The predicted molar refractivity (Wildman–Crippen MR) is 54.3 cm³/mol. The minimum atomic E-state index is -0.203. The number of nitrogens with zero attached hydrogens (tertiary/aromatic N) is 1. The van der Waals surface area contributed by atoms with E-state index in [1.165, 1.54) is 11.3 Å². The molecule has 0 unspecified atom stereocenters. The Hall–Kier alpha value is -1.10. The van der Waals surface area contributed by atoms with Crippen molar-refractivity contribution in [2.45, 2.75) is 19.8 Å². The number of nitrogens with one attached hydrogen (secondary N) is 2. The molecule has 13 heavy (non-hydrogen) atoms. The van der Waals surface area contributed by atoms with Crippen molar-refractivity contribution in [3.8, 4) is 0 Å². The van der Waals surface area contributed by atoms with Crippen molar-refractivity contribution in [2.75, 3.05) is 12.4 Å². The van der Waals surface area contributed by atoms with E-state index in [4.69, 9.17) is 0 Å². The number of hydrogen-bond donors (Lipinski definition) is 2. The molecule has 1 heterocycles. The fraction of sp³-hybridized carbons (Fsp3) is 0.500. The highest BCUT2D eigenvalue weighted by Gasteiger charge is 2.11. The third kappa shape index (κ3) is 2.42. The minimum Gasteiger partial charge on any atom is -0.341 e. The molecule has 5 heteroatoms. The monoisotopic (exact) mass is 199 g/mol. The molecule has 0 aliphatic carbocycles. The number of aromatic nitrogens is 1. The van der Waals surface area contributed by atoms with E-state index in [1.54, 1.807) is 12.6 Å². The lowest BCUT2D eigenvalue weighted by Crippen LogP contribution is -2.24. The van der Waals surface area contributed by atoms with Crippen LogP contribution in [0.1, 0.15) is 25.5 Å². The van der Waals surface area contributed by atoms with E-state index in [0.29, 0.717) is 5.92 Å². The number of carbonyl (C=O) groups is 1. The van der Waals surface area contributed by atoms with Crippen molar-refractivity contribution < 1.29 is 4.79 Å². The van der Waals surface area contributed by atoms with Crippen LogP contribution >= 0.6 is 11.3 Å². The molecule has 2 amide bonds. The molecule has 0 aliphatic heterocycles. The van der Waals surface area contributed by atoms with Crippen molar-refractivity contribution in [1.82, 2.24) is 10.3 Å². The molecule has 0 saturated carbocycles. The molecule has 0 bridgehead atoms. The maximum absolute atomic E-state index is 11.0. The number of urea groups is 1. The third-order valence-electron chi connectivity index (χ3n) is 1.60. The molecule has 0 saturated heterocycles. The SMILES string of the molecule is CNC(=O)Nc1scnc1C(C)C. The Kier molecular flexibility index (Phi) is 3.25. The van der Waals surface area contributed by atoms with E-state index in [0.717, 1.165) is 10.7 Å². The summed E-state index contributed by atoms with van der Waals surface area (Å²) in [6, 6.07) is -0.203. The Morgan fingerprint density at radius 2 is 2.31 bits per heavy atom. The van der Waals surface area contributed by atoms with E-state index in [9.17, 15) is 4.79 Å². The highest BCUT2D eigenvalue weighted by atomic mass is 32.1. The standard InChI is InChI=1S/C8H13N3OS/c1-5(2)6-7(13-4-10-6)11-8(12)9-3/h4-5H,1-3H3,(H2,9,11,12). The normalized spacial score (nSPS) is 10.2. The molecule has 1 aromatic rings. The summed E-state index contributed by atoms with van der Waals surface area (Å²) in [5, 5.41) is 6.05. The van der Waals surface area contributed by atoms with Crippen LogP contribution < -0.4 is 10.6 Å². The van der Waals surface area contributed by atoms with E-state index in [-0.39, 0.29) is 6.03 Å². The summed E-state index contributed by atoms with van der Waals surface area (Å²) < 4.78 is 0. The van der Waals surface area contributed by atoms with Gasteiger partial charge in [-0.1, -0.05) is 13.8 Å². The lowest BCUT2D eigenvalue weighted by Gasteiger charge is -2.06. The average Bonchev–Trinajstić information content (AvgIpc) is 2.52. The molecule has 4 nitrogen and oxygen atoms in total. The summed E-state index contributed by atoms with van der Waals surface area (Å²) in [5.74, 6) is 0.332. The highest BCUT2D eigenvalue weighted by Crippen LogP contribution is 2.26. The van der Waals surface area contributed by atoms with E-state index >= 15 is 0 Å². The first kappa shape index (κ1) is 9.98. The van der Waals surface area contributed by atoms with Crippen LogP contribution in [0.2, 0.25) is 0 Å². The number of carbonyl (C=O) groups excluding carboxylic acids is 1. The second-order valence-electron chi connectivity index (χ2n) is 2.93. The van der Waals surface area contributed by atoms with Gasteiger partial charge in [-0.05, 0) is 5.92 Å². The Balaban J connectivity index is 2.76. The van der Waals surface area contributed by atoms with Crippen LogP contribution in [0, 0.1) is 0 Å². The number of rotatable bonds is 2. The van der Waals surface area contributed by atoms with Gasteiger partial charge < -0.3 is 5.32 Å². The molecule has 0 aliphatic rings. The van der Waals surface area contributed by atoms with Gasteiger partial charge >= 0.3 is 6.03 Å². The topological polar surface area (TPSA) is 54.0 Å². The first-order valence-corrected chi connectivity index (χ1v) is 4.95. The smallest absolute Gasteiger partial charge is 0.319 e. The summed E-state index contributed by atoms with van der Waals surface area (Å²) in [6.07, 6.45) is 0. The van der Waals surface area contributed by atoms with Crippen LogP contribution in [0.5, 0.6) is 0 Å².